The zero-order valence-corrected chi connectivity index (χ0v) is 10.9. The van der Waals surface area contributed by atoms with Gasteiger partial charge in [0.25, 0.3) is 5.91 Å². The maximum Gasteiger partial charge on any atom is 0.261 e. The lowest BCUT2D eigenvalue weighted by Gasteiger charge is -2.17. The third-order valence-corrected chi connectivity index (χ3v) is 3.04. The number of amides is 1. The molecule has 0 bridgehead atoms. The molecule has 19 heavy (non-hydrogen) atoms. The van der Waals surface area contributed by atoms with Crippen LogP contribution in [0.15, 0.2) is 42.7 Å². The predicted molar refractivity (Wildman–Crippen MR) is 72.7 cm³/mol. The van der Waals surface area contributed by atoms with Gasteiger partial charge in [-0.1, -0.05) is 19.1 Å². The highest BCUT2D eigenvalue weighted by Crippen LogP contribution is 2.17. The van der Waals surface area contributed by atoms with E-state index in [9.17, 15) is 9.18 Å². The average Bonchev–Trinajstić information content (AvgIpc) is 2.46. The number of carbonyl (C=O) groups is 1. The van der Waals surface area contributed by atoms with E-state index in [1.54, 1.807) is 7.05 Å². The molecule has 0 saturated heterocycles. The van der Waals surface area contributed by atoms with Crippen molar-refractivity contribution < 1.29 is 9.18 Å². The van der Waals surface area contributed by atoms with E-state index in [1.165, 1.54) is 22.7 Å². The first kappa shape index (κ1) is 13.2. The summed E-state index contributed by atoms with van der Waals surface area (Å²) in [5, 5.41) is 0. The van der Waals surface area contributed by atoms with Crippen molar-refractivity contribution in [2.45, 2.75) is 13.3 Å². The molecule has 0 aliphatic rings. The third kappa shape index (κ3) is 2.78. The van der Waals surface area contributed by atoms with E-state index in [2.05, 4.69) is 11.9 Å². The molecule has 2 rings (SSSR count). The van der Waals surface area contributed by atoms with Crippen LogP contribution in [0.1, 0.15) is 22.8 Å². The predicted octanol–water partition coefficient (Wildman–Crippen LogP) is 3.06. The summed E-state index contributed by atoms with van der Waals surface area (Å²) in [6.07, 6.45) is 3.39. The summed E-state index contributed by atoms with van der Waals surface area (Å²) in [5.74, 6) is -0.992. The molecule has 0 atom stereocenters. The first-order valence-corrected chi connectivity index (χ1v) is 6.10. The quantitative estimate of drug-likeness (QED) is 0.847. The van der Waals surface area contributed by atoms with Crippen LogP contribution in [0.2, 0.25) is 0 Å². The number of anilines is 1. The summed E-state index contributed by atoms with van der Waals surface area (Å²) in [6.45, 7) is 2.07. The SMILES string of the molecule is CCc1ccc(N(C)C(=O)c2ccncc2F)cc1. The van der Waals surface area contributed by atoms with Crippen molar-refractivity contribution in [3.63, 3.8) is 0 Å². The zero-order chi connectivity index (χ0) is 13.8. The second kappa shape index (κ2) is 5.61. The maximum absolute atomic E-state index is 13.5. The summed E-state index contributed by atoms with van der Waals surface area (Å²) in [7, 11) is 1.63. The van der Waals surface area contributed by atoms with E-state index < -0.39 is 5.82 Å². The molecule has 0 aliphatic heterocycles. The second-order valence-electron chi connectivity index (χ2n) is 4.24. The number of aromatic nitrogens is 1. The molecule has 0 saturated carbocycles. The van der Waals surface area contributed by atoms with Gasteiger partial charge in [-0.25, -0.2) is 4.39 Å². The fourth-order valence-electron chi connectivity index (χ4n) is 1.80. The smallest absolute Gasteiger partial charge is 0.261 e. The van der Waals surface area contributed by atoms with Gasteiger partial charge in [-0.2, -0.15) is 0 Å². The molecule has 0 radical (unpaired) electrons. The highest BCUT2D eigenvalue weighted by atomic mass is 19.1. The van der Waals surface area contributed by atoms with Gasteiger partial charge in [-0.05, 0) is 30.2 Å². The second-order valence-corrected chi connectivity index (χ2v) is 4.24. The molecule has 0 fully saturated rings. The van der Waals surface area contributed by atoms with Crippen molar-refractivity contribution >= 4 is 11.6 Å². The summed E-state index contributed by atoms with van der Waals surface area (Å²) >= 11 is 0. The molecule has 1 heterocycles. The minimum Gasteiger partial charge on any atom is -0.311 e. The van der Waals surface area contributed by atoms with Gasteiger partial charge in [0.2, 0.25) is 0 Å². The molecule has 0 N–H and O–H groups in total. The molecule has 1 aromatic carbocycles. The molecule has 0 unspecified atom stereocenters. The minimum absolute atomic E-state index is 0.0251. The fraction of sp³-hybridized carbons (Fsp3) is 0.200. The highest BCUT2D eigenvalue weighted by molar-refractivity contribution is 6.05. The fourth-order valence-corrected chi connectivity index (χ4v) is 1.80. The van der Waals surface area contributed by atoms with Crippen LogP contribution in [0.4, 0.5) is 10.1 Å². The van der Waals surface area contributed by atoms with E-state index in [-0.39, 0.29) is 11.5 Å². The van der Waals surface area contributed by atoms with E-state index in [4.69, 9.17) is 0 Å². The standard InChI is InChI=1S/C15H15FN2O/c1-3-11-4-6-12(7-5-11)18(2)15(19)13-8-9-17-10-14(13)16/h4-10H,3H2,1-2H3. The molecule has 1 aromatic heterocycles. The number of nitrogens with zero attached hydrogens (tertiary/aromatic N) is 2. The van der Waals surface area contributed by atoms with Gasteiger partial charge >= 0.3 is 0 Å². The van der Waals surface area contributed by atoms with Gasteiger partial charge in [0.15, 0.2) is 5.82 Å². The minimum atomic E-state index is -0.607. The van der Waals surface area contributed by atoms with E-state index in [0.717, 1.165) is 18.3 Å². The number of aryl methyl sites for hydroxylation is 1. The first-order valence-electron chi connectivity index (χ1n) is 6.10. The van der Waals surface area contributed by atoms with Crippen LogP contribution in [0.25, 0.3) is 0 Å². The van der Waals surface area contributed by atoms with Gasteiger partial charge in [0, 0.05) is 18.9 Å². The normalized spacial score (nSPS) is 10.3. The molecule has 1 amide bonds. The molecule has 2 aromatic rings. The summed E-state index contributed by atoms with van der Waals surface area (Å²) in [4.78, 5) is 17.2. The van der Waals surface area contributed by atoms with E-state index in [1.807, 2.05) is 24.3 Å². The van der Waals surface area contributed by atoms with Gasteiger partial charge in [-0.15, -0.1) is 0 Å². The van der Waals surface area contributed by atoms with Crippen molar-refractivity contribution in [2.24, 2.45) is 0 Å². The topological polar surface area (TPSA) is 33.2 Å². The number of carbonyl (C=O) groups excluding carboxylic acids is 1. The summed E-state index contributed by atoms with van der Waals surface area (Å²) in [6, 6.07) is 9.02. The molecule has 0 aliphatic carbocycles. The lowest BCUT2D eigenvalue weighted by atomic mass is 10.1. The van der Waals surface area contributed by atoms with Crippen molar-refractivity contribution in [1.82, 2.24) is 4.98 Å². The van der Waals surface area contributed by atoms with Crippen molar-refractivity contribution in [1.29, 1.82) is 0 Å². The maximum atomic E-state index is 13.5. The Hall–Kier alpha value is -2.23. The lowest BCUT2D eigenvalue weighted by molar-refractivity contribution is 0.0989. The number of hydrogen-bond acceptors (Lipinski definition) is 2. The van der Waals surface area contributed by atoms with Crippen LogP contribution in [-0.4, -0.2) is 17.9 Å². The van der Waals surface area contributed by atoms with Gasteiger partial charge in [0.1, 0.15) is 0 Å². The Morgan fingerprint density at radius 3 is 2.53 bits per heavy atom. The van der Waals surface area contributed by atoms with E-state index >= 15 is 0 Å². The van der Waals surface area contributed by atoms with Crippen LogP contribution < -0.4 is 4.90 Å². The Morgan fingerprint density at radius 1 is 1.26 bits per heavy atom. The molecular formula is C15H15FN2O. The Morgan fingerprint density at radius 2 is 1.95 bits per heavy atom. The summed E-state index contributed by atoms with van der Waals surface area (Å²) < 4.78 is 13.5. The number of pyridine rings is 1. The monoisotopic (exact) mass is 258 g/mol. The number of benzene rings is 1. The molecule has 4 heteroatoms. The Balaban J connectivity index is 2.26. The Labute approximate surface area is 111 Å². The number of halogens is 1. The van der Waals surface area contributed by atoms with Crippen LogP contribution in [0.5, 0.6) is 0 Å². The largest absolute Gasteiger partial charge is 0.311 e. The number of rotatable bonds is 3. The van der Waals surface area contributed by atoms with Crippen LogP contribution in [-0.2, 0) is 6.42 Å². The molecule has 98 valence electrons. The van der Waals surface area contributed by atoms with E-state index in [0.29, 0.717) is 0 Å². The average molecular weight is 258 g/mol. The summed E-state index contributed by atoms with van der Waals surface area (Å²) in [5.41, 5.74) is 1.95. The number of hydrogen-bond donors (Lipinski definition) is 0. The van der Waals surface area contributed by atoms with Crippen molar-refractivity contribution in [3.8, 4) is 0 Å². The highest BCUT2D eigenvalue weighted by Gasteiger charge is 2.17. The zero-order valence-electron chi connectivity index (χ0n) is 10.9. The lowest BCUT2D eigenvalue weighted by Crippen LogP contribution is -2.27. The molecular weight excluding hydrogens is 243 g/mol. The van der Waals surface area contributed by atoms with Gasteiger partial charge in [0.05, 0.1) is 11.8 Å². The van der Waals surface area contributed by atoms with Crippen molar-refractivity contribution in [2.75, 3.05) is 11.9 Å². The Bertz CT molecular complexity index is 581. The van der Waals surface area contributed by atoms with Crippen LogP contribution in [0, 0.1) is 5.82 Å². The van der Waals surface area contributed by atoms with Crippen LogP contribution >= 0.6 is 0 Å². The first-order chi connectivity index (χ1) is 9.13. The van der Waals surface area contributed by atoms with Gasteiger partial charge in [-0.3, -0.25) is 9.78 Å². The third-order valence-electron chi connectivity index (χ3n) is 3.04. The molecule has 0 spiro atoms. The van der Waals surface area contributed by atoms with Crippen LogP contribution in [0.3, 0.4) is 0 Å². The Kier molecular flexibility index (Phi) is 3.90. The van der Waals surface area contributed by atoms with Gasteiger partial charge < -0.3 is 4.90 Å². The molecule has 3 nitrogen and oxygen atoms in total. The van der Waals surface area contributed by atoms with Crippen molar-refractivity contribution in [3.05, 3.63) is 59.7 Å².